The van der Waals surface area contributed by atoms with Gasteiger partial charge in [-0.2, -0.15) is 5.10 Å². The summed E-state index contributed by atoms with van der Waals surface area (Å²) in [6.07, 6.45) is 0. The first-order chi connectivity index (χ1) is 17.5. The third kappa shape index (κ3) is 4.25. The van der Waals surface area contributed by atoms with E-state index in [0.717, 1.165) is 16.9 Å². The second-order valence-corrected chi connectivity index (χ2v) is 8.86. The molecule has 1 amide bonds. The van der Waals surface area contributed by atoms with E-state index in [-0.39, 0.29) is 22.9 Å². The molecule has 1 N–H and O–H groups in total. The van der Waals surface area contributed by atoms with Crippen LogP contribution in [-0.2, 0) is 6.54 Å². The number of non-ortho nitro benzene ring substituents is 1. The van der Waals surface area contributed by atoms with Crippen molar-refractivity contribution < 1.29 is 9.72 Å². The summed E-state index contributed by atoms with van der Waals surface area (Å²) in [6, 6.07) is 22.8. The largest absolute Gasteiger partial charge is 0.298 e. The fraction of sp³-hybridized carbons (Fsp3) is 0.0769. The van der Waals surface area contributed by atoms with Crippen molar-refractivity contribution in [3.63, 3.8) is 0 Å². The predicted molar refractivity (Wildman–Crippen MR) is 139 cm³/mol. The van der Waals surface area contributed by atoms with Gasteiger partial charge in [-0.05, 0) is 18.6 Å². The normalized spacial score (nSPS) is 10.9. The first kappa shape index (κ1) is 23.1. The predicted octanol–water partition coefficient (Wildman–Crippen LogP) is 5.37. The van der Waals surface area contributed by atoms with Crippen LogP contribution >= 0.6 is 11.3 Å². The number of amides is 1. The van der Waals surface area contributed by atoms with Crippen molar-refractivity contribution in [1.82, 2.24) is 14.8 Å². The molecular formula is C26H19N5O4S. The molecule has 0 radical (unpaired) electrons. The van der Waals surface area contributed by atoms with E-state index >= 15 is 0 Å². The van der Waals surface area contributed by atoms with E-state index in [0.29, 0.717) is 27.0 Å². The molecule has 9 nitrogen and oxygen atoms in total. The van der Waals surface area contributed by atoms with Crippen molar-refractivity contribution in [2.24, 2.45) is 0 Å². The van der Waals surface area contributed by atoms with Crippen LogP contribution in [0.2, 0.25) is 0 Å². The molecule has 178 valence electrons. The summed E-state index contributed by atoms with van der Waals surface area (Å²) < 4.78 is 1.82. The number of aryl methyl sites for hydroxylation is 1. The average Bonchev–Trinajstić information content (AvgIpc) is 3.30. The minimum atomic E-state index is -0.630. The van der Waals surface area contributed by atoms with Crippen LogP contribution in [0.25, 0.3) is 32.6 Å². The minimum absolute atomic E-state index is 0.0536. The number of carbonyl (C=O) groups is 1. The number of rotatable bonds is 6. The van der Waals surface area contributed by atoms with Gasteiger partial charge < -0.3 is 0 Å². The molecule has 3 aromatic carbocycles. The van der Waals surface area contributed by atoms with Gasteiger partial charge in [0.05, 0.1) is 20.8 Å². The molecular weight excluding hydrogens is 478 g/mol. The van der Waals surface area contributed by atoms with Crippen molar-refractivity contribution >= 4 is 38.3 Å². The molecule has 5 aromatic rings. The summed E-state index contributed by atoms with van der Waals surface area (Å²) in [5.41, 5.74) is 2.23. The van der Waals surface area contributed by atoms with Crippen LogP contribution in [0, 0.1) is 10.1 Å². The Morgan fingerprint density at radius 2 is 1.69 bits per heavy atom. The van der Waals surface area contributed by atoms with Gasteiger partial charge in [0.1, 0.15) is 5.56 Å². The van der Waals surface area contributed by atoms with Gasteiger partial charge in [-0.1, -0.05) is 72.0 Å². The molecule has 10 heteroatoms. The van der Waals surface area contributed by atoms with Crippen LogP contribution in [0.3, 0.4) is 0 Å². The number of hydrogen-bond acceptors (Lipinski definition) is 7. The van der Waals surface area contributed by atoms with Gasteiger partial charge in [-0.15, -0.1) is 0 Å². The standard InChI is InChI=1S/C26H19N5O4S/c1-2-30-25(33)22(24(32)28-26-27-19-14-13-18(31(34)35)15-20(19)36-26)21(16-9-5-3-6-10-16)23(29-30)17-11-7-4-8-12-17/h3-15H,2H2,1H3,(H,27,28,32). The maximum atomic E-state index is 13.6. The maximum Gasteiger partial charge on any atom is 0.280 e. The molecule has 0 aliphatic rings. The van der Waals surface area contributed by atoms with Crippen LogP contribution in [-0.4, -0.2) is 25.6 Å². The Balaban J connectivity index is 1.67. The molecule has 0 aliphatic heterocycles. The van der Waals surface area contributed by atoms with E-state index < -0.39 is 16.4 Å². The molecule has 5 rings (SSSR count). The molecule has 0 saturated carbocycles. The lowest BCUT2D eigenvalue weighted by atomic mass is 9.95. The van der Waals surface area contributed by atoms with Gasteiger partial charge >= 0.3 is 0 Å². The second kappa shape index (κ2) is 9.51. The van der Waals surface area contributed by atoms with E-state index in [9.17, 15) is 19.7 Å². The van der Waals surface area contributed by atoms with Crippen molar-refractivity contribution in [3.05, 3.63) is 105 Å². The Kier molecular flexibility index (Phi) is 6.09. The van der Waals surface area contributed by atoms with Crippen LogP contribution in [0.15, 0.2) is 83.7 Å². The number of hydrogen-bond donors (Lipinski definition) is 1. The number of fused-ring (bicyclic) bond motifs is 1. The zero-order valence-electron chi connectivity index (χ0n) is 19.0. The second-order valence-electron chi connectivity index (χ2n) is 7.83. The average molecular weight is 498 g/mol. The molecule has 0 saturated heterocycles. The van der Waals surface area contributed by atoms with Crippen LogP contribution in [0.5, 0.6) is 0 Å². The fourth-order valence-corrected chi connectivity index (χ4v) is 4.81. The summed E-state index contributed by atoms with van der Waals surface area (Å²) in [7, 11) is 0. The van der Waals surface area contributed by atoms with Gasteiger partial charge in [0.25, 0.3) is 17.2 Å². The molecule has 36 heavy (non-hydrogen) atoms. The smallest absolute Gasteiger partial charge is 0.280 e. The van der Waals surface area contributed by atoms with Gasteiger partial charge in [0.15, 0.2) is 5.13 Å². The lowest BCUT2D eigenvalue weighted by molar-refractivity contribution is -0.384. The SMILES string of the molecule is CCn1nc(-c2ccccc2)c(-c2ccccc2)c(C(=O)Nc2nc3ccc([N+](=O)[O-])cc3s2)c1=O. The maximum absolute atomic E-state index is 13.6. The summed E-state index contributed by atoms with van der Waals surface area (Å²) in [4.78, 5) is 42.1. The zero-order valence-corrected chi connectivity index (χ0v) is 19.9. The molecule has 2 heterocycles. The molecule has 0 fully saturated rings. The van der Waals surface area contributed by atoms with Crippen molar-refractivity contribution in [1.29, 1.82) is 0 Å². The quantitative estimate of drug-likeness (QED) is 0.249. The van der Waals surface area contributed by atoms with Crippen molar-refractivity contribution in [3.8, 4) is 22.4 Å². The summed E-state index contributed by atoms with van der Waals surface area (Å²) in [5, 5.41) is 18.7. The van der Waals surface area contributed by atoms with E-state index in [4.69, 9.17) is 0 Å². The van der Waals surface area contributed by atoms with E-state index in [1.165, 1.54) is 22.9 Å². The lowest BCUT2D eigenvalue weighted by Crippen LogP contribution is -2.32. The first-order valence-electron chi connectivity index (χ1n) is 11.1. The van der Waals surface area contributed by atoms with Gasteiger partial charge in [-0.25, -0.2) is 9.67 Å². The number of nitrogens with one attached hydrogen (secondary N) is 1. The highest BCUT2D eigenvalue weighted by molar-refractivity contribution is 7.22. The van der Waals surface area contributed by atoms with Crippen LogP contribution in [0.4, 0.5) is 10.8 Å². The topological polar surface area (TPSA) is 120 Å². The number of nitro benzene ring substituents is 1. The summed E-state index contributed by atoms with van der Waals surface area (Å²) in [5.74, 6) is -0.630. The number of nitro groups is 1. The van der Waals surface area contributed by atoms with E-state index in [1.54, 1.807) is 6.92 Å². The number of carbonyl (C=O) groups excluding carboxylic acids is 1. The molecule has 0 unspecified atom stereocenters. The van der Waals surface area contributed by atoms with E-state index in [1.807, 2.05) is 60.7 Å². The van der Waals surface area contributed by atoms with Gasteiger partial charge in [-0.3, -0.25) is 25.0 Å². The Labute approximate surface area is 208 Å². The lowest BCUT2D eigenvalue weighted by Gasteiger charge is -2.16. The highest BCUT2D eigenvalue weighted by Gasteiger charge is 2.25. The monoisotopic (exact) mass is 497 g/mol. The third-order valence-electron chi connectivity index (χ3n) is 5.60. The minimum Gasteiger partial charge on any atom is -0.298 e. The highest BCUT2D eigenvalue weighted by atomic mass is 32.1. The molecule has 0 spiro atoms. The Morgan fingerprint density at radius 1 is 1.03 bits per heavy atom. The van der Waals surface area contributed by atoms with Gasteiger partial charge in [0, 0.05) is 29.8 Å². The molecule has 2 aromatic heterocycles. The Hall–Kier alpha value is -4.70. The Morgan fingerprint density at radius 3 is 2.33 bits per heavy atom. The molecule has 0 aliphatic carbocycles. The Bertz CT molecular complexity index is 1660. The summed E-state index contributed by atoms with van der Waals surface area (Å²) in [6.45, 7) is 2.06. The van der Waals surface area contributed by atoms with E-state index in [2.05, 4.69) is 15.4 Å². The van der Waals surface area contributed by atoms with Gasteiger partial charge in [0.2, 0.25) is 0 Å². The first-order valence-corrected chi connectivity index (χ1v) is 11.9. The van der Waals surface area contributed by atoms with Crippen LogP contribution in [0.1, 0.15) is 17.3 Å². The zero-order chi connectivity index (χ0) is 25.2. The number of benzene rings is 3. The highest BCUT2D eigenvalue weighted by Crippen LogP contribution is 2.33. The third-order valence-corrected chi connectivity index (χ3v) is 6.53. The molecule has 0 atom stereocenters. The molecule has 0 bridgehead atoms. The van der Waals surface area contributed by atoms with Crippen molar-refractivity contribution in [2.75, 3.05) is 5.32 Å². The number of thiazole rings is 1. The number of anilines is 1. The van der Waals surface area contributed by atoms with Crippen LogP contribution < -0.4 is 10.9 Å². The number of nitrogens with zero attached hydrogens (tertiary/aromatic N) is 4. The number of aromatic nitrogens is 3. The fourth-order valence-electron chi connectivity index (χ4n) is 3.92. The summed E-state index contributed by atoms with van der Waals surface area (Å²) >= 11 is 1.10. The van der Waals surface area contributed by atoms with Crippen molar-refractivity contribution in [2.45, 2.75) is 13.5 Å².